The summed E-state index contributed by atoms with van der Waals surface area (Å²) in [6.45, 7) is 2.70. The second-order valence-corrected chi connectivity index (χ2v) is 1.84. The second-order valence-electron chi connectivity index (χ2n) is 0.510. The van der Waals surface area contributed by atoms with Gasteiger partial charge in [0.15, 0.2) is 0 Å². The third-order valence-corrected chi connectivity index (χ3v) is 1.27. The van der Waals surface area contributed by atoms with E-state index in [-0.39, 0.29) is 0 Å². The standard InChI is InChI=1S/C2H5O.ClH.Ti/c1-2-3;;/h2H2,1H3;1H;/q-1;;+2/p-1. The van der Waals surface area contributed by atoms with E-state index >= 15 is 0 Å². The first-order valence-electron chi connectivity index (χ1n) is 1.39. The van der Waals surface area contributed by atoms with Crippen LogP contribution in [0.1, 0.15) is 6.92 Å². The number of hydrogen-bond acceptors (Lipinski definition) is 1. The Labute approximate surface area is 44.9 Å². The third kappa shape index (κ3) is 4.96. The Balaban J connectivity index is 2.19. The Bertz CT molecular complexity index is 17.1. The van der Waals surface area contributed by atoms with Gasteiger partial charge in [0.25, 0.3) is 0 Å². The Hall–Kier alpha value is 0.964. The molecule has 0 saturated carbocycles. The quantitative estimate of drug-likeness (QED) is 0.507. The average Bonchev–Trinajstić information content (AvgIpc) is 1.41. The van der Waals surface area contributed by atoms with Gasteiger partial charge in [0.2, 0.25) is 0 Å². The minimum absolute atomic E-state index is 0.521. The first kappa shape index (κ1) is 5.96. The van der Waals surface area contributed by atoms with Crippen LogP contribution in [-0.2, 0) is 21.8 Å². The Kier molecular flexibility index (Phi) is 5.92. The Morgan fingerprint density at radius 3 is 2.60 bits per heavy atom. The second kappa shape index (κ2) is 4.96. The molecule has 0 aliphatic carbocycles. The summed E-state index contributed by atoms with van der Waals surface area (Å²) >= 11 is -0.521. The van der Waals surface area contributed by atoms with Crippen LogP contribution in [0, 0.1) is 0 Å². The maximum atomic E-state index is 5.20. The van der Waals surface area contributed by atoms with Gasteiger partial charge in [0.05, 0.1) is 0 Å². The van der Waals surface area contributed by atoms with E-state index in [2.05, 4.69) is 0 Å². The van der Waals surface area contributed by atoms with E-state index in [1.54, 1.807) is 0 Å². The van der Waals surface area contributed by atoms with Crippen LogP contribution in [0.25, 0.3) is 0 Å². The molecule has 0 heterocycles. The van der Waals surface area contributed by atoms with Crippen molar-refractivity contribution in [2.75, 3.05) is 6.61 Å². The molecule has 0 atom stereocenters. The molecule has 0 aromatic carbocycles. The molecule has 0 aliphatic rings. The van der Waals surface area contributed by atoms with Gasteiger partial charge in [-0.1, -0.05) is 0 Å². The summed E-state index contributed by atoms with van der Waals surface area (Å²) in [4.78, 5) is 0. The molecular weight excluding hydrogens is 123 g/mol. The topological polar surface area (TPSA) is 9.23 Å². The van der Waals surface area contributed by atoms with Crippen molar-refractivity contribution < 1.29 is 21.8 Å². The molecule has 0 bridgehead atoms. The van der Waals surface area contributed by atoms with Crippen LogP contribution >= 0.6 is 9.30 Å². The first-order valence-corrected chi connectivity index (χ1v) is 4.17. The third-order valence-electron chi connectivity index (χ3n) is 0.199. The van der Waals surface area contributed by atoms with Crippen molar-refractivity contribution in [1.29, 1.82) is 0 Å². The van der Waals surface area contributed by atoms with Crippen LogP contribution < -0.4 is 0 Å². The predicted octanol–water partition coefficient (Wildman–Crippen LogP) is 1.17. The zero-order chi connectivity index (χ0) is 4.12. The number of halogens is 1. The molecular formula is C2H5ClOTi. The first-order chi connectivity index (χ1) is 2.41. The van der Waals surface area contributed by atoms with Crippen molar-refractivity contribution in [2.24, 2.45) is 0 Å². The van der Waals surface area contributed by atoms with E-state index in [1.165, 1.54) is 0 Å². The summed E-state index contributed by atoms with van der Waals surface area (Å²) in [6, 6.07) is 0. The monoisotopic (exact) mass is 128 g/mol. The molecule has 0 unspecified atom stereocenters. The summed E-state index contributed by atoms with van der Waals surface area (Å²) in [6.07, 6.45) is 0. The zero-order valence-corrected chi connectivity index (χ0v) is 5.31. The van der Waals surface area contributed by atoms with E-state index in [9.17, 15) is 0 Å². The van der Waals surface area contributed by atoms with Crippen LogP contribution in [0.3, 0.4) is 0 Å². The molecule has 0 amide bonds. The van der Waals surface area contributed by atoms with E-state index < -0.39 is 18.5 Å². The Morgan fingerprint density at radius 1 is 2.00 bits per heavy atom. The molecule has 0 rings (SSSR count). The van der Waals surface area contributed by atoms with Crippen LogP contribution in [0.4, 0.5) is 0 Å². The van der Waals surface area contributed by atoms with Gasteiger partial charge in [-0.25, -0.2) is 0 Å². The Morgan fingerprint density at radius 2 is 2.60 bits per heavy atom. The van der Waals surface area contributed by atoms with Gasteiger partial charge in [-0.2, -0.15) is 0 Å². The molecule has 0 radical (unpaired) electrons. The van der Waals surface area contributed by atoms with Crippen LogP contribution in [0.15, 0.2) is 0 Å². The molecule has 30 valence electrons. The minimum atomic E-state index is -0.521. The van der Waals surface area contributed by atoms with Gasteiger partial charge < -0.3 is 0 Å². The maximum absolute atomic E-state index is 5.20. The van der Waals surface area contributed by atoms with Crippen LogP contribution in [-0.4, -0.2) is 6.61 Å². The van der Waals surface area contributed by atoms with Gasteiger partial charge >= 0.3 is 44.6 Å². The van der Waals surface area contributed by atoms with Crippen LogP contribution in [0.5, 0.6) is 0 Å². The van der Waals surface area contributed by atoms with Gasteiger partial charge in [-0.05, 0) is 0 Å². The summed E-state index contributed by atoms with van der Waals surface area (Å²) < 4.78 is 4.72. The van der Waals surface area contributed by atoms with Crippen molar-refractivity contribution in [1.82, 2.24) is 0 Å². The molecule has 0 aromatic rings. The molecule has 0 fully saturated rings. The fourth-order valence-corrected chi connectivity index (χ4v) is 0.675. The summed E-state index contributed by atoms with van der Waals surface area (Å²) in [7, 11) is 5.20. The fraction of sp³-hybridized carbons (Fsp3) is 1.00. The molecule has 0 N–H and O–H groups in total. The van der Waals surface area contributed by atoms with Crippen LogP contribution in [0.2, 0.25) is 0 Å². The predicted molar refractivity (Wildman–Crippen MR) is 17.5 cm³/mol. The summed E-state index contributed by atoms with van der Waals surface area (Å²) in [5, 5.41) is 0. The van der Waals surface area contributed by atoms with E-state index in [0.29, 0.717) is 0 Å². The van der Waals surface area contributed by atoms with Crippen molar-refractivity contribution in [3.8, 4) is 0 Å². The molecule has 3 heteroatoms. The van der Waals surface area contributed by atoms with Crippen molar-refractivity contribution in [2.45, 2.75) is 6.92 Å². The van der Waals surface area contributed by atoms with Gasteiger partial charge in [0.1, 0.15) is 0 Å². The number of hydrogen-bond donors (Lipinski definition) is 0. The van der Waals surface area contributed by atoms with E-state index in [1.807, 2.05) is 6.92 Å². The molecule has 0 aromatic heterocycles. The molecule has 0 saturated heterocycles. The summed E-state index contributed by atoms with van der Waals surface area (Å²) in [5.41, 5.74) is 0. The fourth-order valence-electron chi connectivity index (χ4n) is 0.0546. The summed E-state index contributed by atoms with van der Waals surface area (Å²) in [5.74, 6) is 0. The van der Waals surface area contributed by atoms with Crippen molar-refractivity contribution in [3.05, 3.63) is 0 Å². The molecule has 0 spiro atoms. The SMILES string of the molecule is CC[O][Ti][Cl]. The van der Waals surface area contributed by atoms with Gasteiger partial charge in [-0.3, -0.25) is 0 Å². The zero-order valence-electron chi connectivity index (χ0n) is 2.99. The average molecular weight is 128 g/mol. The normalized spacial score (nSPS) is 7.60. The van der Waals surface area contributed by atoms with Crippen molar-refractivity contribution in [3.63, 3.8) is 0 Å². The molecule has 0 aliphatic heterocycles. The number of rotatable bonds is 2. The van der Waals surface area contributed by atoms with E-state index in [0.717, 1.165) is 6.61 Å². The van der Waals surface area contributed by atoms with Gasteiger partial charge in [0, 0.05) is 0 Å². The molecule has 5 heavy (non-hydrogen) atoms. The molecule has 1 nitrogen and oxygen atoms in total. The van der Waals surface area contributed by atoms with E-state index in [4.69, 9.17) is 12.6 Å². The van der Waals surface area contributed by atoms with Crippen molar-refractivity contribution >= 4 is 9.30 Å². The van der Waals surface area contributed by atoms with Gasteiger partial charge in [-0.15, -0.1) is 0 Å².